The zero-order valence-corrected chi connectivity index (χ0v) is 14.9. The molecule has 1 aromatic carbocycles. The van der Waals surface area contributed by atoms with E-state index in [1.165, 1.54) is 4.90 Å². The minimum atomic E-state index is -0.596. The molecule has 1 atom stereocenters. The van der Waals surface area contributed by atoms with E-state index in [1.54, 1.807) is 36.7 Å². The highest BCUT2D eigenvalue weighted by Gasteiger charge is 2.34. The second-order valence-corrected chi connectivity index (χ2v) is 6.33. The van der Waals surface area contributed by atoms with Crippen molar-refractivity contribution in [1.29, 1.82) is 0 Å². The first-order valence-corrected chi connectivity index (χ1v) is 8.69. The quantitative estimate of drug-likeness (QED) is 0.720. The van der Waals surface area contributed by atoms with Crippen molar-refractivity contribution in [3.63, 3.8) is 0 Å². The molecule has 2 heterocycles. The Morgan fingerprint density at radius 1 is 1.11 bits per heavy atom. The number of benzene rings is 1. The summed E-state index contributed by atoms with van der Waals surface area (Å²) >= 11 is 0. The number of aromatic nitrogens is 1. The maximum atomic E-state index is 12.5. The summed E-state index contributed by atoms with van der Waals surface area (Å²) in [6.45, 7) is 2.37. The first-order valence-electron chi connectivity index (χ1n) is 8.69. The molecule has 1 saturated heterocycles. The summed E-state index contributed by atoms with van der Waals surface area (Å²) in [6.07, 6.45) is 4.43. The molecule has 8 heteroatoms. The molecule has 0 saturated carbocycles. The molecule has 27 heavy (non-hydrogen) atoms. The van der Waals surface area contributed by atoms with Gasteiger partial charge in [0.25, 0.3) is 5.91 Å². The topological polar surface area (TPSA) is 103 Å². The fourth-order valence-corrected chi connectivity index (χ4v) is 2.90. The van der Waals surface area contributed by atoms with E-state index in [2.05, 4.69) is 21.2 Å². The molecule has 2 aromatic rings. The Bertz CT molecular complexity index is 823. The minimum Gasteiger partial charge on any atom is -0.323 e. The molecule has 0 radical (unpaired) electrons. The molecule has 0 unspecified atom stereocenters. The highest BCUT2D eigenvalue weighted by molar-refractivity contribution is 5.98. The molecule has 1 aliphatic heterocycles. The third-order valence-corrected chi connectivity index (χ3v) is 4.34. The SMILES string of the molecule is Cc1ccc(C(=O)NNC(=O)N2CCC[C@H]2C(=O)Nc2cccnc2)cc1. The molecule has 4 amide bonds. The lowest BCUT2D eigenvalue weighted by molar-refractivity contribution is -0.119. The van der Waals surface area contributed by atoms with Crippen LogP contribution in [0, 0.1) is 6.92 Å². The van der Waals surface area contributed by atoms with Gasteiger partial charge in [-0.1, -0.05) is 17.7 Å². The molecule has 1 fully saturated rings. The number of aryl methyl sites for hydroxylation is 1. The van der Waals surface area contributed by atoms with E-state index < -0.39 is 18.0 Å². The van der Waals surface area contributed by atoms with Gasteiger partial charge in [0.2, 0.25) is 5.91 Å². The van der Waals surface area contributed by atoms with Crippen molar-refractivity contribution >= 4 is 23.5 Å². The fourth-order valence-electron chi connectivity index (χ4n) is 2.90. The van der Waals surface area contributed by atoms with E-state index in [1.807, 2.05) is 19.1 Å². The zero-order chi connectivity index (χ0) is 19.2. The smallest absolute Gasteiger partial charge is 0.323 e. The second-order valence-electron chi connectivity index (χ2n) is 6.33. The van der Waals surface area contributed by atoms with E-state index in [4.69, 9.17) is 0 Å². The van der Waals surface area contributed by atoms with Gasteiger partial charge in [-0.2, -0.15) is 0 Å². The molecule has 0 bridgehead atoms. The Labute approximate surface area is 156 Å². The van der Waals surface area contributed by atoms with Crippen LogP contribution in [0.5, 0.6) is 0 Å². The minimum absolute atomic E-state index is 0.277. The van der Waals surface area contributed by atoms with Gasteiger partial charge in [0.1, 0.15) is 6.04 Å². The summed E-state index contributed by atoms with van der Waals surface area (Å²) in [5.41, 5.74) is 6.81. The number of hydrazine groups is 1. The van der Waals surface area contributed by atoms with Crippen LogP contribution in [-0.4, -0.2) is 40.3 Å². The molecule has 3 N–H and O–H groups in total. The third-order valence-electron chi connectivity index (χ3n) is 4.34. The number of carbonyl (C=O) groups is 3. The maximum absolute atomic E-state index is 12.5. The Kier molecular flexibility index (Phi) is 5.65. The van der Waals surface area contributed by atoms with E-state index in [-0.39, 0.29) is 5.91 Å². The first-order chi connectivity index (χ1) is 13.0. The van der Waals surface area contributed by atoms with Crippen LogP contribution in [0.1, 0.15) is 28.8 Å². The Morgan fingerprint density at radius 2 is 1.89 bits per heavy atom. The van der Waals surface area contributed by atoms with Gasteiger partial charge < -0.3 is 10.2 Å². The van der Waals surface area contributed by atoms with Crippen molar-refractivity contribution in [3.8, 4) is 0 Å². The summed E-state index contributed by atoms with van der Waals surface area (Å²) < 4.78 is 0. The van der Waals surface area contributed by atoms with Crippen molar-refractivity contribution in [1.82, 2.24) is 20.7 Å². The van der Waals surface area contributed by atoms with Crippen molar-refractivity contribution in [2.45, 2.75) is 25.8 Å². The zero-order valence-electron chi connectivity index (χ0n) is 14.9. The van der Waals surface area contributed by atoms with Gasteiger partial charge >= 0.3 is 6.03 Å². The van der Waals surface area contributed by atoms with E-state index >= 15 is 0 Å². The number of nitrogens with one attached hydrogen (secondary N) is 3. The number of carbonyl (C=O) groups excluding carboxylic acids is 3. The molecule has 140 valence electrons. The van der Waals surface area contributed by atoms with Crippen molar-refractivity contribution in [3.05, 3.63) is 59.9 Å². The number of hydrogen-bond acceptors (Lipinski definition) is 4. The molecule has 0 spiro atoms. The van der Waals surface area contributed by atoms with Crippen LogP contribution in [0.4, 0.5) is 10.5 Å². The predicted molar refractivity (Wildman–Crippen MR) is 99.8 cm³/mol. The molecular weight excluding hydrogens is 346 g/mol. The van der Waals surface area contributed by atoms with Crippen LogP contribution in [0.25, 0.3) is 0 Å². The number of urea groups is 1. The first kappa shape index (κ1) is 18.4. The highest BCUT2D eigenvalue weighted by Crippen LogP contribution is 2.19. The summed E-state index contributed by atoms with van der Waals surface area (Å²) in [5, 5.41) is 2.75. The van der Waals surface area contributed by atoms with Crippen LogP contribution in [0.3, 0.4) is 0 Å². The average Bonchev–Trinajstić information content (AvgIpc) is 3.17. The Balaban J connectivity index is 1.56. The van der Waals surface area contributed by atoms with Gasteiger partial charge in [-0.15, -0.1) is 0 Å². The molecule has 3 rings (SSSR count). The van der Waals surface area contributed by atoms with E-state index in [9.17, 15) is 14.4 Å². The van der Waals surface area contributed by atoms with Gasteiger partial charge in [0, 0.05) is 18.3 Å². The largest absolute Gasteiger partial charge is 0.336 e. The number of anilines is 1. The molecule has 0 aliphatic carbocycles. The van der Waals surface area contributed by atoms with Crippen LogP contribution in [-0.2, 0) is 4.79 Å². The van der Waals surface area contributed by atoms with Crippen LogP contribution < -0.4 is 16.2 Å². The highest BCUT2D eigenvalue weighted by atomic mass is 16.2. The summed E-state index contributed by atoms with van der Waals surface area (Å²) in [6, 6.07) is 9.32. The van der Waals surface area contributed by atoms with Crippen LogP contribution in [0.2, 0.25) is 0 Å². The molecular formula is C19H21N5O3. The predicted octanol–water partition coefficient (Wildman–Crippen LogP) is 1.85. The standard InChI is InChI=1S/C19H21N5O3/c1-13-6-8-14(9-7-13)17(25)22-23-19(27)24-11-3-5-16(24)18(26)21-15-4-2-10-20-12-15/h2,4,6-10,12,16H,3,5,11H2,1H3,(H,21,26)(H,22,25)(H,23,27)/t16-/m0/s1. The number of pyridine rings is 1. The monoisotopic (exact) mass is 367 g/mol. The van der Waals surface area contributed by atoms with Crippen molar-refractivity contribution < 1.29 is 14.4 Å². The average molecular weight is 367 g/mol. The van der Waals surface area contributed by atoms with E-state index in [0.29, 0.717) is 30.6 Å². The number of amides is 4. The summed E-state index contributed by atoms with van der Waals surface area (Å²) in [5.74, 6) is -0.695. The number of likely N-dealkylation sites (tertiary alicyclic amines) is 1. The molecule has 1 aliphatic rings. The lowest BCUT2D eigenvalue weighted by atomic mass is 10.1. The lowest BCUT2D eigenvalue weighted by Gasteiger charge is -2.24. The Hall–Kier alpha value is -3.42. The Morgan fingerprint density at radius 3 is 2.59 bits per heavy atom. The van der Waals surface area contributed by atoms with Gasteiger partial charge in [-0.05, 0) is 44.0 Å². The normalized spacial score (nSPS) is 15.9. The van der Waals surface area contributed by atoms with Gasteiger partial charge in [0.05, 0.1) is 11.9 Å². The number of hydrogen-bond donors (Lipinski definition) is 3. The van der Waals surface area contributed by atoms with Crippen LogP contribution >= 0.6 is 0 Å². The van der Waals surface area contributed by atoms with Gasteiger partial charge in [-0.3, -0.25) is 20.0 Å². The number of rotatable bonds is 3. The maximum Gasteiger partial charge on any atom is 0.336 e. The lowest BCUT2D eigenvalue weighted by Crippen LogP contribution is -2.52. The van der Waals surface area contributed by atoms with E-state index in [0.717, 1.165) is 5.56 Å². The van der Waals surface area contributed by atoms with Crippen molar-refractivity contribution in [2.75, 3.05) is 11.9 Å². The van der Waals surface area contributed by atoms with Crippen molar-refractivity contribution in [2.24, 2.45) is 0 Å². The van der Waals surface area contributed by atoms with Gasteiger partial charge in [0.15, 0.2) is 0 Å². The fraction of sp³-hybridized carbons (Fsp3) is 0.263. The molecule has 1 aromatic heterocycles. The molecule has 8 nitrogen and oxygen atoms in total. The summed E-state index contributed by atoms with van der Waals surface area (Å²) in [7, 11) is 0. The van der Waals surface area contributed by atoms with Crippen LogP contribution in [0.15, 0.2) is 48.8 Å². The number of nitrogens with zero attached hydrogens (tertiary/aromatic N) is 2. The van der Waals surface area contributed by atoms with Gasteiger partial charge in [-0.25, -0.2) is 10.2 Å². The second kappa shape index (κ2) is 8.31. The summed E-state index contributed by atoms with van der Waals surface area (Å²) in [4.78, 5) is 42.3. The third kappa shape index (κ3) is 4.60.